The first-order valence-corrected chi connectivity index (χ1v) is 14.1. The molecule has 1 aromatic heterocycles. The number of amides is 3. The van der Waals surface area contributed by atoms with E-state index in [2.05, 4.69) is 56.3 Å². The monoisotopic (exact) mass is 554 g/mol. The summed E-state index contributed by atoms with van der Waals surface area (Å²) in [6.45, 7) is 8.37. The van der Waals surface area contributed by atoms with Gasteiger partial charge in [-0.15, -0.1) is 0 Å². The van der Waals surface area contributed by atoms with Gasteiger partial charge in [-0.1, -0.05) is 30.3 Å². The third-order valence-electron chi connectivity index (χ3n) is 8.71. The lowest BCUT2D eigenvalue weighted by molar-refractivity contribution is -0.142. The van der Waals surface area contributed by atoms with Gasteiger partial charge in [-0.3, -0.25) is 24.6 Å². The van der Waals surface area contributed by atoms with Crippen molar-refractivity contribution < 1.29 is 19.1 Å². The number of benzene rings is 2. The lowest BCUT2D eigenvalue weighted by Gasteiger charge is -2.39. The molecule has 6 rings (SSSR count). The van der Waals surface area contributed by atoms with E-state index < -0.39 is 11.4 Å². The van der Waals surface area contributed by atoms with Crippen molar-refractivity contribution in [3.63, 3.8) is 0 Å². The number of carbonyl (C=O) groups is 3. The number of rotatable bonds is 7. The highest BCUT2D eigenvalue weighted by Crippen LogP contribution is 2.38. The molecule has 2 aromatic carbocycles. The van der Waals surface area contributed by atoms with Crippen LogP contribution in [0.2, 0.25) is 0 Å². The third kappa shape index (κ3) is 5.15. The smallest absolute Gasteiger partial charge is 0.255 e. The molecule has 3 amide bonds. The molecule has 2 saturated heterocycles. The Bertz CT molecular complexity index is 1460. The molecular formula is C31H34N6O4. The van der Waals surface area contributed by atoms with Crippen LogP contribution in [0.3, 0.4) is 0 Å². The van der Waals surface area contributed by atoms with Crippen molar-refractivity contribution in [1.29, 1.82) is 0 Å². The maximum Gasteiger partial charge on any atom is 0.255 e. The Morgan fingerprint density at radius 2 is 1.80 bits per heavy atom. The summed E-state index contributed by atoms with van der Waals surface area (Å²) in [6.07, 6.45) is 3.88. The number of hydrogen-bond acceptors (Lipinski definition) is 8. The largest absolute Gasteiger partial charge is 0.489 e. The van der Waals surface area contributed by atoms with Crippen LogP contribution in [0.1, 0.15) is 59.8 Å². The van der Waals surface area contributed by atoms with Crippen molar-refractivity contribution >= 4 is 23.5 Å². The summed E-state index contributed by atoms with van der Waals surface area (Å²) in [5.41, 5.74) is 2.53. The highest BCUT2D eigenvalue weighted by atomic mass is 16.5. The topological polar surface area (TPSA) is 108 Å². The van der Waals surface area contributed by atoms with Gasteiger partial charge in [0.05, 0.1) is 6.54 Å². The van der Waals surface area contributed by atoms with E-state index in [0.717, 1.165) is 43.1 Å². The van der Waals surface area contributed by atoms with E-state index in [-0.39, 0.29) is 24.8 Å². The van der Waals surface area contributed by atoms with Crippen LogP contribution in [-0.2, 0) is 22.7 Å². The normalized spacial score (nSPS) is 22.0. The average molecular weight is 555 g/mol. The maximum absolute atomic E-state index is 13.3. The summed E-state index contributed by atoms with van der Waals surface area (Å²) in [7, 11) is 0. The molecule has 4 heterocycles. The van der Waals surface area contributed by atoms with Crippen molar-refractivity contribution in [3.8, 4) is 5.75 Å². The van der Waals surface area contributed by atoms with Crippen molar-refractivity contribution in [2.45, 2.75) is 51.4 Å². The number of carbonyl (C=O) groups excluding carboxylic acids is 3. The van der Waals surface area contributed by atoms with Gasteiger partial charge in [0.2, 0.25) is 5.91 Å². The van der Waals surface area contributed by atoms with E-state index in [9.17, 15) is 14.4 Å². The van der Waals surface area contributed by atoms with Gasteiger partial charge in [0.25, 0.3) is 11.8 Å². The van der Waals surface area contributed by atoms with Crippen LogP contribution in [0.4, 0.5) is 5.82 Å². The minimum absolute atomic E-state index is 0.208. The molecule has 2 atom stereocenters. The second-order valence-corrected chi connectivity index (χ2v) is 11.1. The van der Waals surface area contributed by atoms with Crippen LogP contribution >= 0.6 is 0 Å². The standard InChI is InChI=1S/C31H34N6O4/c1-21(35-14-16-36(17-15-35)27-11-13-32-20-33-27)23-8-6-22(7-9-23)19-41-26-5-3-4-24-25(26)18-37(29(24)39)31(2)12-10-28(38)34-30(31)40/h3-9,11,13,20-21H,10,12,14-19H2,1-2H3,(H,34,38,40)/t21-,31-/m1/s1. The highest BCUT2D eigenvalue weighted by molar-refractivity contribution is 6.07. The number of nitrogens with one attached hydrogen (secondary N) is 1. The highest BCUT2D eigenvalue weighted by Gasteiger charge is 2.49. The molecule has 0 unspecified atom stereocenters. The maximum atomic E-state index is 13.3. The molecule has 212 valence electrons. The SMILES string of the molecule is C[C@H](c1ccc(COc2cccc3c2CN([C@]2(C)CCC(=O)NC2=O)C3=O)cc1)N1CCN(c2ccncn2)CC1. The van der Waals surface area contributed by atoms with Crippen molar-refractivity contribution in [2.75, 3.05) is 31.1 Å². The van der Waals surface area contributed by atoms with E-state index >= 15 is 0 Å². The number of hydrogen-bond donors (Lipinski definition) is 1. The fourth-order valence-corrected chi connectivity index (χ4v) is 5.96. The third-order valence-corrected chi connectivity index (χ3v) is 8.71. The Labute approximate surface area is 239 Å². The Morgan fingerprint density at radius 1 is 1.02 bits per heavy atom. The van der Waals surface area contributed by atoms with Crippen LogP contribution < -0.4 is 15.0 Å². The molecule has 3 aromatic rings. The summed E-state index contributed by atoms with van der Waals surface area (Å²) >= 11 is 0. The molecule has 1 N–H and O–H groups in total. The van der Waals surface area contributed by atoms with Crippen molar-refractivity contribution in [1.82, 2.24) is 25.1 Å². The number of anilines is 1. The number of fused-ring (bicyclic) bond motifs is 1. The van der Waals surface area contributed by atoms with Gasteiger partial charge in [-0.2, -0.15) is 0 Å². The Kier molecular flexibility index (Phi) is 7.17. The number of ether oxygens (including phenoxy) is 1. The van der Waals surface area contributed by atoms with E-state index in [1.54, 1.807) is 36.5 Å². The molecule has 0 spiro atoms. The zero-order chi connectivity index (χ0) is 28.6. The number of piperazine rings is 1. The first-order chi connectivity index (χ1) is 19.8. The van der Waals surface area contributed by atoms with Gasteiger partial charge in [0.1, 0.15) is 30.0 Å². The Balaban J connectivity index is 1.07. The first-order valence-electron chi connectivity index (χ1n) is 14.1. The van der Waals surface area contributed by atoms with Gasteiger partial charge in [0, 0.05) is 56.0 Å². The molecule has 10 nitrogen and oxygen atoms in total. The van der Waals surface area contributed by atoms with Gasteiger partial charge in [0.15, 0.2) is 0 Å². The van der Waals surface area contributed by atoms with Gasteiger partial charge in [-0.05, 0) is 49.6 Å². The Hall–Kier alpha value is -4.31. The lowest BCUT2D eigenvalue weighted by atomic mass is 9.89. The van der Waals surface area contributed by atoms with Crippen LogP contribution in [0.5, 0.6) is 5.75 Å². The van der Waals surface area contributed by atoms with Gasteiger partial charge >= 0.3 is 0 Å². The fraction of sp³-hybridized carbons (Fsp3) is 0.387. The molecule has 2 fully saturated rings. The van der Waals surface area contributed by atoms with Crippen molar-refractivity contribution in [2.24, 2.45) is 0 Å². The quantitative estimate of drug-likeness (QED) is 0.444. The molecule has 3 aliphatic rings. The minimum atomic E-state index is -1.07. The van der Waals surface area contributed by atoms with Crippen LogP contribution in [-0.4, -0.2) is 69.2 Å². The molecule has 3 aliphatic heterocycles. The number of aromatic nitrogens is 2. The van der Waals surface area contributed by atoms with Gasteiger partial charge < -0.3 is 14.5 Å². The Morgan fingerprint density at radius 3 is 2.51 bits per heavy atom. The number of piperidine rings is 1. The zero-order valence-electron chi connectivity index (χ0n) is 23.4. The van der Waals surface area contributed by atoms with E-state index in [1.807, 2.05) is 12.1 Å². The van der Waals surface area contributed by atoms with E-state index in [0.29, 0.717) is 30.4 Å². The molecule has 0 aliphatic carbocycles. The van der Waals surface area contributed by atoms with E-state index in [4.69, 9.17) is 4.74 Å². The van der Waals surface area contributed by atoms with Crippen LogP contribution in [0, 0.1) is 0 Å². The summed E-state index contributed by atoms with van der Waals surface area (Å²) in [6, 6.07) is 16.2. The molecule has 0 saturated carbocycles. The minimum Gasteiger partial charge on any atom is -0.489 e. The first kappa shape index (κ1) is 26.9. The number of imide groups is 1. The molecule has 41 heavy (non-hydrogen) atoms. The van der Waals surface area contributed by atoms with E-state index in [1.165, 1.54) is 5.56 Å². The van der Waals surface area contributed by atoms with Gasteiger partial charge in [-0.25, -0.2) is 9.97 Å². The summed E-state index contributed by atoms with van der Waals surface area (Å²) in [4.78, 5) is 52.4. The van der Waals surface area contributed by atoms with Crippen LogP contribution in [0.25, 0.3) is 0 Å². The summed E-state index contributed by atoms with van der Waals surface area (Å²) in [5.74, 6) is 0.659. The molecular weight excluding hydrogens is 520 g/mol. The second kappa shape index (κ2) is 10.9. The predicted molar refractivity (Wildman–Crippen MR) is 152 cm³/mol. The summed E-state index contributed by atoms with van der Waals surface area (Å²) in [5, 5.41) is 2.38. The van der Waals surface area contributed by atoms with Crippen LogP contribution in [0.15, 0.2) is 61.1 Å². The zero-order valence-corrected chi connectivity index (χ0v) is 23.4. The predicted octanol–water partition coefficient (Wildman–Crippen LogP) is 3.09. The molecule has 10 heteroatoms. The molecule has 0 radical (unpaired) electrons. The van der Waals surface area contributed by atoms with Crippen molar-refractivity contribution in [3.05, 3.63) is 83.3 Å². The second-order valence-electron chi connectivity index (χ2n) is 11.1. The lowest BCUT2D eigenvalue weighted by Crippen LogP contribution is -2.61. The summed E-state index contributed by atoms with van der Waals surface area (Å²) < 4.78 is 6.21. The molecule has 0 bridgehead atoms. The fourth-order valence-electron chi connectivity index (χ4n) is 5.96. The average Bonchev–Trinajstić information content (AvgIpc) is 3.36. The number of nitrogens with zero attached hydrogens (tertiary/aromatic N) is 5.